The van der Waals surface area contributed by atoms with Gasteiger partial charge in [0.15, 0.2) is 0 Å². The maximum absolute atomic E-state index is 6.07. The highest BCUT2D eigenvalue weighted by atomic mass is 16.5. The van der Waals surface area contributed by atoms with E-state index in [0.29, 0.717) is 6.10 Å². The molecule has 4 aliphatic rings. The third-order valence-electron chi connectivity index (χ3n) is 6.27. The van der Waals surface area contributed by atoms with Crippen molar-refractivity contribution in [3.05, 3.63) is 29.3 Å². The first-order chi connectivity index (χ1) is 9.79. The summed E-state index contributed by atoms with van der Waals surface area (Å²) in [5, 5.41) is 3.83. The van der Waals surface area contributed by atoms with Crippen LogP contribution in [0.3, 0.4) is 0 Å². The number of hydrogen-bond donors (Lipinski definition) is 1. The van der Waals surface area contributed by atoms with Crippen LogP contribution in [0.4, 0.5) is 0 Å². The number of rotatable bonds is 3. The first-order valence-electron chi connectivity index (χ1n) is 8.29. The van der Waals surface area contributed by atoms with Gasteiger partial charge in [0.25, 0.3) is 0 Å². The van der Waals surface area contributed by atoms with E-state index >= 15 is 0 Å². The molecule has 0 spiro atoms. The summed E-state index contributed by atoms with van der Waals surface area (Å²) in [6.45, 7) is 3.19. The Labute approximate surface area is 120 Å². The van der Waals surface area contributed by atoms with Crippen LogP contribution in [-0.4, -0.2) is 18.7 Å². The summed E-state index contributed by atoms with van der Waals surface area (Å²) in [5.74, 6) is 5.29. The monoisotopic (exact) mass is 269 g/mol. The maximum atomic E-state index is 6.07. The number of nitrogens with one attached hydrogen (secondary N) is 1. The molecule has 5 rings (SSSR count). The minimum Gasteiger partial charge on any atom is -0.488 e. The summed E-state index contributed by atoms with van der Waals surface area (Å²) in [7, 11) is 0. The van der Waals surface area contributed by atoms with Crippen molar-refractivity contribution in [2.75, 3.05) is 6.54 Å². The number of ether oxygens (including phenoxy) is 1. The normalized spacial score (nSPS) is 43.2. The van der Waals surface area contributed by atoms with Gasteiger partial charge >= 0.3 is 0 Å². The van der Waals surface area contributed by atoms with Crippen LogP contribution in [0.1, 0.15) is 30.4 Å². The van der Waals surface area contributed by atoms with Crippen molar-refractivity contribution < 1.29 is 4.74 Å². The predicted molar refractivity (Wildman–Crippen MR) is 78.9 cm³/mol. The lowest BCUT2D eigenvalue weighted by molar-refractivity contribution is 0.223. The lowest BCUT2D eigenvalue weighted by Crippen LogP contribution is -2.34. The Morgan fingerprint density at radius 1 is 1.20 bits per heavy atom. The highest BCUT2D eigenvalue weighted by Gasteiger charge is 2.64. The fraction of sp³-hybridized carbons (Fsp3) is 0.667. The molecule has 3 aliphatic carbocycles. The molecule has 0 saturated heterocycles. The molecule has 1 N–H and O–H groups in total. The Balaban J connectivity index is 1.19. The maximum Gasteiger partial charge on any atom is 0.123 e. The Bertz CT molecular complexity index is 538. The summed E-state index contributed by atoms with van der Waals surface area (Å²) >= 11 is 0. The predicted octanol–water partition coefficient (Wildman–Crippen LogP) is 2.93. The zero-order chi connectivity index (χ0) is 13.3. The molecule has 2 bridgehead atoms. The quantitative estimate of drug-likeness (QED) is 0.911. The highest BCUT2D eigenvalue weighted by Crippen LogP contribution is 2.65. The van der Waals surface area contributed by atoms with Gasteiger partial charge < -0.3 is 10.1 Å². The van der Waals surface area contributed by atoms with Crippen LogP contribution >= 0.6 is 0 Å². The average Bonchev–Trinajstić information content (AvgIpc) is 2.83. The molecule has 2 nitrogen and oxygen atoms in total. The van der Waals surface area contributed by atoms with Gasteiger partial charge in [-0.3, -0.25) is 0 Å². The molecule has 3 fully saturated rings. The average molecular weight is 269 g/mol. The first-order valence-corrected chi connectivity index (χ1v) is 8.29. The Morgan fingerprint density at radius 3 is 2.80 bits per heavy atom. The minimum absolute atomic E-state index is 0.353. The van der Waals surface area contributed by atoms with E-state index in [9.17, 15) is 0 Å². The summed E-state index contributed by atoms with van der Waals surface area (Å²) in [6.07, 6.45) is 5.99. The molecule has 0 radical (unpaired) electrons. The van der Waals surface area contributed by atoms with E-state index in [4.69, 9.17) is 4.74 Å². The number of aryl methyl sites for hydroxylation is 1. The zero-order valence-electron chi connectivity index (χ0n) is 12.1. The molecule has 1 aromatic carbocycles. The van der Waals surface area contributed by atoms with Crippen LogP contribution in [0.25, 0.3) is 0 Å². The molecule has 2 heteroatoms. The van der Waals surface area contributed by atoms with Gasteiger partial charge in [-0.25, -0.2) is 0 Å². The van der Waals surface area contributed by atoms with Crippen molar-refractivity contribution >= 4 is 0 Å². The van der Waals surface area contributed by atoms with Gasteiger partial charge in [-0.1, -0.05) is 17.7 Å². The third-order valence-corrected chi connectivity index (χ3v) is 6.27. The van der Waals surface area contributed by atoms with Crippen LogP contribution in [0.5, 0.6) is 5.75 Å². The van der Waals surface area contributed by atoms with E-state index in [-0.39, 0.29) is 0 Å². The highest BCUT2D eigenvalue weighted by molar-refractivity contribution is 5.40. The van der Waals surface area contributed by atoms with Crippen LogP contribution in [0.15, 0.2) is 18.2 Å². The second-order valence-electron chi connectivity index (χ2n) is 7.48. The fourth-order valence-corrected chi connectivity index (χ4v) is 5.43. The van der Waals surface area contributed by atoms with Crippen molar-refractivity contribution in [2.45, 2.75) is 44.8 Å². The molecular formula is C18H23NO. The fourth-order valence-electron chi connectivity index (χ4n) is 5.43. The SMILES string of the molecule is Cc1ccc2c(c1)CC(CNC1C3C4CCC(C4)C13)O2. The summed E-state index contributed by atoms with van der Waals surface area (Å²) in [4.78, 5) is 0. The van der Waals surface area contributed by atoms with Crippen molar-refractivity contribution in [1.82, 2.24) is 5.32 Å². The van der Waals surface area contributed by atoms with Gasteiger partial charge in [-0.05, 0) is 61.5 Å². The van der Waals surface area contributed by atoms with Crippen molar-refractivity contribution in [1.29, 1.82) is 0 Å². The van der Waals surface area contributed by atoms with Crippen LogP contribution in [0, 0.1) is 30.6 Å². The molecule has 20 heavy (non-hydrogen) atoms. The molecule has 3 saturated carbocycles. The van der Waals surface area contributed by atoms with Crippen LogP contribution in [0.2, 0.25) is 0 Å². The number of benzene rings is 1. The summed E-state index contributed by atoms with van der Waals surface area (Å²) in [6, 6.07) is 7.39. The number of fused-ring (bicyclic) bond motifs is 6. The van der Waals surface area contributed by atoms with Gasteiger partial charge in [0.05, 0.1) is 0 Å². The second-order valence-corrected chi connectivity index (χ2v) is 7.48. The largest absolute Gasteiger partial charge is 0.488 e. The molecule has 1 heterocycles. The Morgan fingerprint density at radius 2 is 2.00 bits per heavy atom. The molecule has 1 aliphatic heterocycles. The molecule has 5 atom stereocenters. The van der Waals surface area contributed by atoms with Crippen LogP contribution < -0.4 is 10.1 Å². The van der Waals surface area contributed by atoms with E-state index in [1.54, 1.807) is 0 Å². The lowest BCUT2D eigenvalue weighted by atomic mass is 10.0. The molecule has 0 aromatic heterocycles. The van der Waals surface area contributed by atoms with Gasteiger partial charge in [0.1, 0.15) is 11.9 Å². The van der Waals surface area contributed by atoms with Gasteiger partial charge in [0.2, 0.25) is 0 Å². The van der Waals surface area contributed by atoms with Crippen molar-refractivity contribution in [2.24, 2.45) is 23.7 Å². The standard InChI is InChI=1S/C18H23NO/c1-10-2-5-15-13(6-10)8-14(20-15)9-19-18-16-11-3-4-12(7-11)17(16)18/h2,5-6,11-12,14,16-19H,3-4,7-9H2,1H3. The second kappa shape index (κ2) is 4.00. The van der Waals surface area contributed by atoms with Gasteiger partial charge in [0, 0.05) is 19.0 Å². The number of hydrogen-bond acceptors (Lipinski definition) is 2. The van der Waals surface area contributed by atoms with Crippen molar-refractivity contribution in [3.8, 4) is 5.75 Å². The topological polar surface area (TPSA) is 21.3 Å². The minimum atomic E-state index is 0.353. The van der Waals surface area contributed by atoms with E-state index in [1.807, 2.05) is 0 Å². The first kappa shape index (κ1) is 11.6. The van der Waals surface area contributed by atoms with Crippen LogP contribution in [-0.2, 0) is 6.42 Å². The Hall–Kier alpha value is -1.02. The molecule has 5 unspecified atom stereocenters. The Kier molecular flexibility index (Phi) is 2.33. The molecule has 106 valence electrons. The zero-order valence-corrected chi connectivity index (χ0v) is 12.1. The van der Waals surface area contributed by atoms with Gasteiger partial charge in [-0.2, -0.15) is 0 Å². The van der Waals surface area contributed by atoms with Gasteiger partial charge in [-0.15, -0.1) is 0 Å². The van der Waals surface area contributed by atoms with E-state index in [2.05, 4.69) is 30.4 Å². The van der Waals surface area contributed by atoms with E-state index in [0.717, 1.165) is 48.4 Å². The smallest absolute Gasteiger partial charge is 0.123 e. The lowest BCUT2D eigenvalue weighted by Gasteiger charge is -2.14. The molecular weight excluding hydrogens is 246 g/mol. The third kappa shape index (κ3) is 1.60. The summed E-state index contributed by atoms with van der Waals surface area (Å²) < 4.78 is 6.07. The molecule has 0 amide bonds. The molecule has 1 aromatic rings. The van der Waals surface area contributed by atoms with Crippen molar-refractivity contribution in [3.63, 3.8) is 0 Å². The van der Waals surface area contributed by atoms with E-state index in [1.165, 1.54) is 30.4 Å². The van der Waals surface area contributed by atoms with E-state index < -0.39 is 0 Å². The summed E-state index contributed by atoms with van der Waals surface area (Å²) in [5.41, 5.74) is 2.74.